The van der Waals surface area contributed by atoms with Crippen LogP contribution in [-0.2, 0) is 0 Å². The maximum atomic E-state index is 3.29. The van der Waals surface area contributed by atoms with E-state index in [9.17, 15) is 0 Å². The fourth-order valence-corrected chi connectivity index (χ4v) is 0.913. The van der Waals surface area contributed by atoms with Crippen LogP contribution in [0.2, 0.25) is 0 Å². The highest BCUT2D eigenvalue weighted by molar-refractivity contribution is 5.48. The fraction of sp³-hybridized carbons (Fsp3) is 0.308. The third-order valence-electron chi connectivity index (χ3n) is 2.13. The molecular weight excluding hydrogens is 156 g/mol. The summed E-state index contributed by atoms with van der Waals surface area (Å²) in [6, 6.07) is 10.3. The second kappa shape index (κ2) is 4.69. The zero-order valence-corrected chi connectivity index (χ0v) is 8.54. The molecule has 1 rings (SSSR count). The summed E-state index contributed by atoms with van der Waals surface area (Å²) < 4.78 is 0. The molecule has 0 aliphatic carbocycles. The summed E-state index contributed by atoms with van der Waals surface area (Å²) in [6.45, 7) is 6.48. The summed E-state index contributed by atoms with van der Waals surface area (Å²) in [5.74, 6) is 0.583. The summed E-state index contributed by atoms with van der Waals surface area (Å²) in [6.07, 6.45) is 2.04. The van der Waals surface area contributed by atoms with E-state index in [1.165, 1.54) is 11.1 Å². The Balaban J connectivity index is 2.85. The number of allylic oxidation sites excluding steroid dienone is 1. The largest absolute Gasteiger partial charge is 0.121 e. The lowest BCUT2D eigenvalue weighted by molar-refractivity contribution is 0.772. The van der Waals surface area contributed by atoms with Crippen molar-refractivity contribution in [3.8, 4) is 0 Å². The van der Waals surface area contributed by atoms with Crippen LogP contribution in [0.25, 0.3) is 6.08 Å². The van der Waals surface area contributed by atoms with Crippen LogP contribution in [0.5, 0.6) is 0 Å². The van der Waals surface area contributed by atoms with E-state index < -0.39 is 0 Å². The van der Waals surface area contributed by atoms with E-state index in [2.05, 4.69) is 38.6 Å². The SMILES string of the molecule is CC(=C=Cc1ccccc1)C(C)C. The molecule has 0 saturated carbocycles. The van der Waals surface area contributed by atoms with E-state index in [4.69, 9.17) is 0 Å². The molecule has 0 amide bonds. The topological polar surface area (TPSA) is 0 Å². The van der Waals surface area contributed by atoms with E-state index in [-0.39, 0.29) is 0 Å². The van der Waals surface area contributed by atoms with Gasteiger partial charge in [0.05, 0.1) is 0 Å². The van der Waals surface area contributed by atoms with Crippen LogP contribution in [0, 0.1) is 5.92 Å². The number of benzene rings is 1. The molecule has 0 aliphatic rings. The third kappa shape index (κ3) is 3.31. The molecule has 0 fully saturated rings. The highest BCUT2D eigenvalue weighted by Gasteiger charge is 1.92. The molecule has 68 valence electrons. The van der Waals surface area contributed by atoms with Crippen molar-refractivity contribution in [2.45, 2.75) is 20.8 Å². The number of hydrogen-bond acceptors (Lipinski definition) is 0. The van der Waals surface area contributed by atoms with Crippen LogP contribution < -0.4 is 0 Å². The molecule has 0 nitrogen and oxygen atoms in total. The molecule has 0 aromatic heterocycles. The van der Waals surface area contributed by atoms with E-state index in [0.29, 0.717) is 5.92 Å². The summed E-state index contributed by atoms with van der Waals surface area (Å²) >= 11 is 0. The molecule has 0 bridgehead atoms. The van der Waals surface area contributed by atoms with Gasteiger partial charge in [0, 0.05) is 0 Å². The second-order valence-electron chi connectivity index (χ2n) is 3.54. The van der Waals surface area contributed by atoms with E-state index in [1.54, 1.807) is 0 Å². The van der Waals surface area contributed by atoms with Crippen molar-refractivity contribution in [2.24, 2.45) is 5.92 Å². The molecule has 0 radical (unpaired) electrons. The highest BCUT2D eigenvalue weighted by atomic mass is 14.0. The Morgan fingerprint density at radius 3 is 2.38 bits per heavy atom. The molecule has 0 heteroatoms. The van der Waals surface area contributed by atoms with Crippen LogP contribution >= 0.6 is 0 Å². The quantitative estimate of drug-likeness (QED) is 0.593. The molecule has 13 heavy (non-hydrogen) atoms. The van der Waals surface area contributed by atoms with Crippen molar-refractivity contribution >= 4 is 6.08 Å². The van der Waals surface area contributed by atoms with Gasteiger partial charge in [0.15, 0.2) is 0 Å². The van der Waals surface area contributed by atoms with Gasteiger partial charge >= 0.3 is 0 Å². The van der Waals surface area contributed by atoms with Gasteiger partial charge in [-0.2, -0.15) is 0 Å². The summed E-state index contributed by atoms with van der Waals surface area (Å²) in [7, 11) is 0. The average Bonchev–Trinajstić information content (AvgIpc) is 2.15. The van der Waals surface area contributed by atoms with E-state index >= 15 is 0 Å². The number of hydrogen-bond donors (Lipinski definition) is 0. The first-order valence-corrected chi connectivity index (χ1v) is 4.68. The number of rotatable bonds is 2. The monoisotopic (exact) mass is 172 g/mol. The van der Waals surface area contributed by atoms with E-state index in [1.807, 2.05) is 24.3 Å². The van der Waals surface area contributed by atoms with Gasteiger partial charge in [-0.15, -0.1) is 5.73 Å². The Hall–Kier alpha value is -1.26. The molecule has 0 aliphatic heterocycles. The molecule has 0 N–H and O–H groups in total. The van der Waals surface area contributed by atoms with Gasteiger partial charge in [0.25, 0.3) is 0 Å². The lowest BCUT2D eigenvalue weighted by Crippen LogP contribution is -1.85. The van der Waals surface area contributed by atoms with Crippen LogP contribution in [0.1, 0.15) is 26.3 Å². The predicted octanol–water partition coefficient (Wildman–Crippen LogP) is 3.90. The normalized spacial score (nSPS) is 9.54. The van der Waals surface area contributed by atoms with Gasteiger partial charge in [0.2, 0.25) is 0 Å². The average molecular weight is 172 g/mol. The van der Waals surface area contributed by atoms with Crippen molar-refractivity contribution in [3.05, 3.63) is 47.2 Å². The predicted molar refractivity (Wildman–Crippen MR) is 58.4 cm³/mol. The van der Waals surface area contributed by atoms with Crippen molar-refractivity contribution in [1.29, 1.82) is 0 Å². The fourth-order valence-electron chi connectivity index (χ4n) is 0.913. The summed E-state index contributed by atoms with van der Waals surface area (Å²) in [5, 5.41) is 0. The molecule has 0 spiro atoms. The Morgan fingerprint density at radius 2 is 1.85 bits per heavy atom. The lowest BCUT2D eigenvalue weighted by atomic mass is 10.1. The molecule has 1 aromatic rings. The van der Waals surface area contributed by atoms with Crippen LogP contribution in [0.15, 0.2) is 41.6 Å². The van der Waals surface area contributed by atoms with Crippen LogP contribution in [-0.4, -0.2) is 0 Å². The van der Waals surface area contributed by atoms with Gasteiger partial charge in [0.1, 0.15) is 0 Å². The summed E-state index contributed by atoms with van der Waals surface area (Å²) in [4.78, 5) is 0. The maximum Gasteiger partial charge on any atom is -0.0128 e. The van der Waals surface area contributed by atoms with Crippen LogP contribution in [0.3, 0.4) is 0 Å². The molecule has 0 saturated heterocycles. The maximum absolute atomic E-state index is 3.29. The zero-order valence-electron chi connectivity index (χ0n) is 8.54. The second-order valence-corrected chi connectivity index (χ2v) is 3.54. The molecule has 0 atom stereocenters. The summed E-state index contributed by atoms with van der Waals surface area (Å²) in [5.41, 5.74) is 5.80. The molecule has 0 unspecified atom stereocenters. The van der Waals surface area contributed by atoms with Gasteiger partial charge in [-0.25, -0.2) is 0 Å². The molecule has 0 heterocycles. The lowest BCUT2D eigenvalue weighted by Gasteiger charge is -1.98. The standard InChI is InChI=1S/C13H16/c1-11(2)12(3)9-10-13-7-5-4-6-8-13/h4-8,10-11H,1-3H3. The van der Waals surface area contributed by atoms with Gasteiger partial charge in [-0.05, 0) is 30.1 Å². The minimum atomic E-state index is 0.583. The molecule has 1 aromatic carbocycles. The van der Waals surface area contributed by atoms with Crippen molar-refractivity contribution < 1.29 is 0 Å². The third-order valence-corrected chi connectivity index (χ3v) is 2.13. The minimum Gasteiger partial charge on any atom is -0.121 e. The minimum absolute atomic E-state index is 0.583. The Labute approximate surface area is 80.6 Å². The van der Waals surface area contributed by atoms with Gasteiger partial charge in [-0.3, -0.25) is 0 Å². The Kier molecular flexibility index (Phi) is 3.54. The first-order chi connectivity index (χ1) is 6.20. The van der Waals surface area contributed by atoms with Crippen molar-refractivity contribution in [3.63, 3.8) is 0 Å². The smallest absolute Gasteiger partial charge is 0.0128 e. The van der Waals surface area contributed by atoms with Crippen molar-refractivity contribution in [1.82, 2.24) is 0 Å². The molecular formula is C13H16. The first-order valence-electron chi connectivity index (χ1n) is 4.68. The highest BCUT2D eigenvalue weighted by Crippen LogP contribution is 2.07. The van der Waals surface area contributed by atoms with Crippen molar-refractivity contribution in [2.75, 3.05) is 0 Å². The van der Waals surface area contributed by atoms with E-state index in [0.717, 1.165) is 0 Å². The zero-order chi connectivity index (χ0) is 9.68. The van der Waals surface area contributed by atoms with Crippen LogP contribution in [0.4, 0.5) is 0 Å². The van der Waals surface area contributed by atoms with Gasteiger partial charge in [-0.1, -0.05) is 44.2 Å². The van der Waals surface area contributed by atoms with Gasteiger partial charge < -0.3 is 0 Å². The Bertz CT molecular complexity index is 311. The Morgan fingerprint density at radius 1 is 1.23 bits per heavy atom. The first kappa shape index (κ1) is 9.83.